The molecule has 0 aromatic heterocycles. The number of nitrogens with zero attached hydrogens (tertiary/aromatic N) is 1. The summed E-state index contributed by atoms with van der Waals surface area (Å²) in [5.74, 6) is 0.978. The maximum absolute atomic E-state index is 11.5. The Morgan fingerprint density at radius 3 is 2.35 bits per heavy atom. The van der Waals surface area contributed by atoms with Gasteiger partial charge < -0.3 is 4.74 Å². The van der Waals surface area contributed by atoms with Crippen LogP contribution in [0.25, 0.3) is 0 Å². The van der Waals surface area contributed by atoms with Crippen molar-refractivity contribution in [1.82, 2.24) is 4.90 Å². The topological polar surface area (TPSA) is 29.5 Å². The molecule has 0 saturated carbocycles. The second kappa shape index (κ2) is 6.64. The van der Waals surface area contributed by atoms with Gasteiger partial charge in [-0.1, -0.05) is 0 Å². The first-order valence-corrected chi connectivity index (χ1v) is 7.54. The van der Waals surface area contributed by atoms with Gasteiger partial charge in [-0.15, -0.1) is 11.8 Å². The fourth-order valence-corrected chi connectivity index (χ4v) is 3.47. The van der Waals surface area contributed by atoms with Gasteiger partial charge in [-0.05, 0) is 34.6 Å². The van der Waals surface area contributed by atoms with Gasteiger partial charge in [0.1, 0.15) is 11.4 Å². The molecule has 1 fully saturated rings. The predicted molar refractivity (Wildman–Crippen MR) is 73.4 cm³/mol. The molecule has 0 spiro atoms. The van der Waals surface area contributed by atoms with Gasteiger partial charge in [0, 0.05) is 30.8 Å². The molecular formula is C13H25NO2S. The van der Waals surface area contributed by atoms with Crippen molar-refractivity contribution in [1.29, 1.82) is 0 Å². The Kier molecular flexibility index (Phi) is 5.80. The number of hydrogen-bond donors (Lipinski definition) is 0. The van der Waals surface area contributed by atoms with E-state index >= 15 is 0 Å². The van der Waals surface area contributed by atoms with E-state index in [0.717, 1.165) is 18.7 Å². The molecule has 2 atom stereocenters. The maximum atomic E-state index is 11.5. The van der Waals surface area contributed by atoms with Crippen molar-refractivity contribution < 1.29 is 9.53 Å². The summed E-state index contributed by atoms with van der Waals surface area (Å²) in [5.41, 5.74) is 0. The van der Waals surface area contributed by atoms with Crippen LogP contribution in [0, 0.1) is 0 Å². The molecule has 0 N–H and O–H groups in total. The second-order valence-electron chi connectivity index (χ2n) is 5.27. The quantitative estimate of drug-likeness (QED) is 0.686. The van der Waals surface area contributed by atoms with E-state index in [1.807, 2.05) is 6.92 Å². The average molecular weight is 259 g/mol. The first-order valence-electron chi connectivity index (χ1n) is 6.49. The zero-order valence-corrected chi connectivity index (χ0v) is 12.4. The van der Waals surface area contributed by atoms with Gasteiger partial charge in [0.25, 0.3) is 0 Å². The molecule has 100 valence electrons. The first kappa shape index (κ1) is 14.8. The molecule has 0 bridgehead atoms. The van der Waals surface area contributed by atoms with E-state index in [1.165, 1.54) is 0 Å². The Morgan fingerprint density at radius 2 is 1.94 bits per heavy atom. The van der Waals surface area contributed by atoms with E-state index in [-0.39, 0.29) is 17.3 Å². The monoisotopic (exact) mass is 259 g/mol. The van der Waals surface area contributed by atoms with E-state index in [9.17, 15) is 4.79 Å². The van der Waals surface area contributed by atoms with Crippen molar-refractivity contribution in [2.75, 3.05) is 12.3 Å². The van der Waals surface area contributed by atoms with E-state index in [2.05, 4.69) is 32.6 Å². The van der Waals surface area contributed by atoms with Crippen molar-refractivity contribution in [3.05, 3.63) is 0 Å². The van der Waals surface area contributed by atoms with Crippen LogP contribution in [0.3, 0.4) is 0 Å². The molecule has 1 aliphatic heterocycles. The van der Waals surface area contributed by atoms with Crippen LogP contribution >= 0.6 is 11.8 Å². The van der Waals surface area contributed by atoms with E-state index in [0.29, 0.717) is 12.1 Å². The van der Waals surface area contributed by atoms with Gasteiger partial charge in [-0.2, -0.15) is 0 Å². The Bertz CT molecular complexity index is 248. The number of ether oxygens (including phenoxy) is 1. The standard InChI is InChI=1S/C13H25NO2S/c1-9(2)14(10(3)4)6-7-17-12-8-11(5)16-13(12)15/h9-12H,6-8H2,1-5H3/t11-,12+/m0/s1. The summed E-state index contributed by atoms with van der Waals surface area (Å²) in [4.78, 5) is 13.9. The SMILES string of the molecule is CC(C)N(CCS[C@@H]1C[C@H](C)OC1=O)C(C)C. The lowest BCUT2D eigenvalue weighted by molar-refractivity contribution is -0.140. The number of rotatable bonds is 6. The molecule has 17 heavy (non-hydrogen) atoms. The first-order chi connectivity index (χ1) is 7.91. The Labute approximate surface area is 109 Å². The fraction of sp³-hybridized carbons (Fsp3) is 0.923. The van der Waals surface area contributed by atoms with Crippen LogP contribution in [0.2, 0.25) is 0 Å². The highest BCUT2D eigenvalue weighted by Crippen LogP contribution is 2.26. The third-order valence-electron chi connectivity index (χ3n) is 3.12. The van der Waals surface area contributed by atoms with Crippen molar-refractivity contribution in [2.45, 2.75) is 64.5 Å². The Balaban J connectivity index is 2.29. The molecule has 0 aromatic rings. The number of thioether (sulfide) groups is 1. The number of hydrogen-bond acceptors (Lipinski definition) is 4. The highest BCUT2D eigenvalue weighted by Gasteiger charge is 2.32. The lowest BCUT2D eigenvalue weighted by Gasteiger charge is -2.30. The molecule has 0 unspecified atom stereocenters. The van der Waals surface area contributed by atoms with Crippen LogP contribution in [0.4, 0.5) is 0 Å². The van der Waals surface area contributed by atoms with Crippen LogP contribution in [-0.4, -0.2) is 46.6 Å². The highest BCUT2D eigenvalue weighted by atomic mass is 32.2. The summed E-state index contributed by atoms with van der Waals surface area (Å²) in [6, 6.07) is 1.12. The third kappa shape index (κ3) is 4.51. The average Bonchev–Trinajstić information content (AvgIpc) is 2.51. The second-order valence-corrected chi connectivity index (χ2v) is 6.58. The van der Waals surface area contributed by atoms with Crippen molar-refractivity contribution in [3.8, 4) is 0 Å². The largest absolute Gasteiger partial charge is 0.462 e. The zero-order valence-electron chi connectivity index (χ0n) is 11.6. The van der Waals surface area contributed by atoms with E-state index in [1.54, 1.807) is 11.8 Å². The molecule has 3 nitrogen and oxygen atoms in total. The molecule has 0 radical (unpaired) electrons. The molecule has 1 saturated heterocycles. The molecule has 4 heteroatoms. The van der Waals surface area contributed by atoms with Crippen LogP contribution in [0.1, 0.15) is 41.0 Å². The molecule has 0 aliphatic carbocycles. The molecule has 0 amide bonds. The summed E-state index contributed by atoms with van der Waals surface area (Å²) in [7, 11) is 0. The van der Waals surface area contributed by atoms with Crippen LogP contribution < -0.4 is 0 Å². The van der Waals surface area contributed by atoms with Crippen molar-refractivity contribution in [2.24, 2.45) is 0 Å². The lowest BCUT2D eigenvalue weighted by atomic mass is 10.2. The van der Waals surface area contributed by atoms with Gasteiger partial charge in [-0.25, -0.2) is 0 Å². The predicted octanol–water partition coefficient (Wildman–Crippen LogP) is 2.54. The highest BCUT2D eigenvalue weighted by molar-refractivity contribution is 8.00. The van der Waals surface area contributed by atoms with Gasteiger partial charge in [0.05, 0.1) is 0 Å². The summed E-state index contributed by atoms with van der Waals surface area (Å²) in [6.45, 7) is 11.9. The molecular weight excluding hydrogens is 234 g/mol. The Hall–Kier alpha value is -0.220. The molecule has 1 aliphatic rings. The molecule has 1 heterocycles. The van der Waals surface area contributed by atoms with Crippen LogP contribution in [0.5, 0.6) is 0 Å². The zero-order chi connectivity index (χ0) is 13.0. The van der Waals surface area contributed by atoms with Gasteiger partial charge in [-0.3, -0.25) is 9.69 Å². The minimum absolute atomic E-state index is 0.0249. The van der Waals surface area contributed by atoms with E-state index in [4.69, 9.17) is 4.74 Å². The number of carbonyl (C=O) groups excluding carboxylic acids is 1. The number of carbonyl (C=O) groups is 1. The summed E-state index contributed by atoms with van der Waals surface area (Å²) >= 11 is 1.74. The van der Waals surface area contributed by atoms with Crippen LogP contribution in [-0.2, 0) is 9.53 Å². The normalized spacial score (nSPS) is 25.1. The smallest absolute Gasteiger partial charge is 0.319 e. The van der Waals surface area contributed by atoms with Crippen molar-refractivity contribution >= 4 is 17.7 Å². The number of cyclic esters (lactones) is 1. The third-order valence-corrected chi connectivity index (χ3v) is 4.33. The Morgan fingerprint density at radius 1 is 1.35 bits per heavy atom. The molecule has 1 rings (SSSR count). The minimum Gasteiger partial charge on any atom is -0.462 e. The number of esters is 1. The molecule has 0 aromatic carbocycles. The van der Waals surface area contributed by atoms with Gasteiger partial charge in [0.15, 0.2) is 0 Å². The van der Waals surface area contributed by atoms with Crippen molar-refractivity contribution in [3.63, 3.8) is 0 Å². The van der Waals surface area contributed by atoms with Crippen LogP contribution in [0.15, 0.2) is 0 Å². The summed E-state index contributed by atoms with van der Waals surface area (Å²) in [5, 5.41) is 0.0613. The van der Waals surface area contributed by atoms with Gasteiger partial charge in [0.2, 0.25) is 0 Å². The maximum Gasteiger partial charge on any atom is 0.319 e. The summed E-state index contributed by atoms with van der Waals surface area (Å²) < 4.78 is 5.15. The fourth-order valence-electron chi connectivity index (χ4n) is 2.27. The van der Waals surface area contributed by atoms with Gasteiger partial charge >= 0.3 is 5.97 Å². The van der Waals surface area contributed by atoms with E-state index < -0.39 is 0 Å². The minimum atomic E-state index is -0.0249. The summed E-state index contributed by atoms with van der Waals surface area (Å²) in [6.07, 6.45) is 0.971. The lowest BCUT2D eigenvalue weighted by Crippen LogP contribution is -2.38.